The van der Waals surface area contributed by atoms with Gasteiger partial charge in [0.15, 0.2) is 0 Å². The van der Waals surface area contributed by atoms with Crippen LogP contribution in [0, 0.1) is 0 Å². The van der Waals surface area contributed by atoms with E-state index in [4.69, 9.17) is 10.5 Å². The fourth-order valence-electron chi connectivity index (χ4n) is 1.49. The van der Waals surface area contributed by atoms with E-state index in [0.29, 0.717) is 19.0 Å². The summed E-state index contributed by atoms with van der Waals surface area (Å²) in [5.41, 5.74) is 7.63. The molecule has 0 saturated carbocycles. The maximum absolute atomic E-state index is 5.66. The maximum atomic E-state index is 5.66. The molecule has 0 saturated heterocycles. The Labute approximate surface area is 109 Å². The molecule has 0 spiro atoms. The average molecular weight is 293 g/mol. The summed E-state index contributed by atoms with van der Waals surface area (Å²) in [5.74, 6) is 0.606. The van der Waals surface area contributed by atoms with Crippen LogP contribution < -0.4 is 10.5 Å². The molecule has 0 bridgehead atoms. The van der Waals surface area contributed by atoms with Crippen LogP contribution in [0.1, 0.15) is 11.1 Å². The largest absolute Gasteiger partial charge is 0.473 e. The van der Waals surface area contributed by atoms with Crippen molar-refractivity contribution < 1.29 is 4.74 Å². The number of rotatable bonds is 4. The van der Waals surface area contributed by atoms with Gasteiger partial charge in [0, 0.05) is 22.8 Å². The predicted octanol–water partition coefficient (Wildman–Crippen LogP) is 2.88. The Hall–Kier alpha value is -1.39. The van der Waals surface area contributed by atoms with Gasteiger partial charge in [-0.25, -0.2) is 4.98 Å². The summed E-state index contributed by atoms with van der Waals surface area (Å²) < 4.78 is 6.70. The van der Waals surface area contributed by atoms with Crippen LogP contribution in [0.3, 0.4) is 0 Å². The molecule has 0 amide bonds. The van der Waals surface area contributed by atoms with Gasteiger partial charge in [0.1, 0.15) is 6.61 Å². The monoisotopic (exact) mass is 292 g/mol. The summed E-state index contributed by atoms with van der Waals surface area (Å²) in [5, 5.41) is 0. The second-order valence-corrected chi connectivity index (χ2v) is 4.51. The highest BCUT2D eigenvalue weighted by atomic mass is 79.9. The van der Waals surface area contributed by atoms with Gasteiger partial charge >= 0.3 is 0 Å². The zero-order chi connectivity index (χ0) is 12.1. The summed E-state index contributed by atoms with van der Waals surface area (Å²) in [6.45, 7) is 0.922. The number of aromatic nitrogens is 1. The minimum absolute atomic E-state index is 0.432. The van der Waals surface area contributed by atoms with E-state index in [0.717, 1.165) is 15.6 Å². The van der Waals surface area contributed by atoms with Crippen LogP contribution in [0.5, 0.6) is 5.88 Å². The molecule has 0 radical (unpaired) electrons. The number of halogens is 1. The van der Waals surface area contributed by atoms with Crippen molar-refractivity contribution in [2.45, 2.75) is 13.2 Å². The van der Waals surface area contributed by atoms with Crippen molar-refractivity contribution in [1.82, 2.24) is 4.98 Å². The summed E-state index contributed by atoms with van der Waals surface area (Å²) in [4.78, 5) is 4.17. The fraction of sp³-hybridized carbons (Fsp3) is 0.154. The van der Waals surface area contributed by atoms with Gasteiger partial charge < -0.3 is 10.5 Å². The molecule has 0 aliphatic carbocycles. The molecule has 0 aliphatic rings. The number of nitrogens with zero attached hydrogens (tertiary/aromatic N) is 1. The molecule has 1 aromatic carbocycles. The predicted molar refractivity (Wildman–Crippen MR) is 70.6 cm³/mol. The van der Waals surface area contributed by atoms with Crippen LogP contribution in [0.25, 0.3) is 0 Å². The van der Waals surface area contributed by atoms with E-state index >= 15 is 0 Å². The standard InChI is InChI=1S/C13H13BrN2O/c14-12-5-1-3-10(7-12)9-17-13-11(8-15)4-2-6-16-13/h1-7H,8-9,15H2. The summed E-state index contributed by atoms with van der Waals surface area (Å²) in [7, 11) is 0. The second kappa shape index (κ2) is 5.80. The lowest BCUT2D eigenvalue weighted by atomic mass is 10.2. The van der Waals surface area contributed by atoms with E-state index < -0.39 is 0 Å². The van der Waals surface area contributed by atoms with Crippen LogP contribution in [0.15, 0.2) is 47.1 Å². The number of nitrogens with two attached hydrogens (primary N) is 1. The van der Waals surface area contributed by atoms with Crippen molar-refractivity contribution in [1.29, 1.82) is 0 Å². The third kappa shape index (κ3) is 3.28. The molecule has 0 aliphatic heterocycles. The number of ether oxygens (including phenoxy) is 1. The lowest BCUT2D eigenvalue weighted by Gasteiger charge is -2.08. The lowest BCUT2D eigenvalue weighted by molar-refractivity contribution is 0.290. The highest BCUT2D eigenvalue weighted by Crippen LogP contribution is 2.17. The zero-order valence-corrected chi connectivity index (χ0v) is 10.9. The molecular weight excluding hydrogens is 280 g/mol. The maximum Gasteiger partial charge on any atom is 0.218 e. The Balaban J connectivity index is 2.07. The first-order valence-corrected chi connectivity index (χ1v) is 6.10. The van der Waals surface area contributed by atoms with Crippen molar-refractivity contribution in [3.8, 4) is 5.88 Å². The molecule has 17 heavy (non-hydrogen) atoms. The quantitative estimate of drug-likeness (QED) is 0.943. The van der Waals surface area contributed by atoms with E-state index in [1.807, 2.05) is 36.4 Å². The van der Waals surface area contributed by atoms with Crippen molar-refractivity contribution >= 4 is 15.9 Å². The minimum Gasteiger partial charge on any atom is -0.473 e. The van der Waals surface area contributed by atoms with Crippen molar-refractivity contribution in [2.75, 3.05) is 0 Å². The molecule has 88 valence electrons. The van der Waals surface area contributed by atoms with Crippen LogP contribution >= 0.6 is 15.9 Å². The van der Waals surface area contributed by atoms with Crippen molar-refractivity contribution in [3.63, 3.8) is 0 Å². The Morgan fingerprint density at radius 1 is 1.24 bits per heavy atom. The SMILES string of the molecule is NCc1cccnc1OCc1cccc(Br)c1. The van der Waals surface area contributed by atoms with Gasteiger partial charge in [0.05, 0.1) is 0 Å². The van der Waals surface area contributed by atoms with E-state index in [2.05, 4.69) is 20.9 Å². The van der Waals surface area contributed by atoms with Gasteiger partial charge in [-0.15, -0.1) is 0 Å². The first-order valence-electron chi connectivity index (χ1n) is 5.31. The molecule has 2 aromatic rings. The van der Waals surface area contributed by atoms with Crippen LogP contribution in [0.2, 0.25) is 0 Å². The molecule has 1 heterocycles. The molecule has 0 fully saturated rings. The summed E-state index contributed by atoms with van der Waals surface area (Å²) in [6.07, 6.45) is 1.70. The molecular formula is C13H13BrN2O. The zero-order valence-electron chi connectivity index (χ0n) is 9.27. The Morgan fingerprint density at radius 2 is 2.12 bits per heavy atom. The Kier molecular flexibility index (Phi) is 4.12. The van der Waals surface area contributed by atoms with Gasteiger partial charge in [-0.3, -0.25) is 0 Å². The highest BCUT2D eigenvalue weighted by molar-refractivity contribution is 9.10. The number of hydrogen-bond acceptors (Lipinski definition) is 3. The molecule has 0 atom stereocenters. The molecule has 3 nitrogen and oxygen atoms in total. The van der Waals surface area contributed by atoms with Crippen LogP contribution in [-0.4, -0.2) is 4.98 Å². The van der Waals surface area contributed by atoms with Gasteiger partial charge in [-0.05, 0) is 23.8 Å². The highest BCUT2D eigenvalue weighted by Gasteiger charge is 2.03. The van der Waals surface area contributed by atoms with Crippen molar-refractivity contribution in [2.24, 2.45) is 5.73 Å². The number of hydrogen-bond donors (Lipinski definition) is 1. The van der Waals surface area contributed by atoms with E-state index in [-0.39, 0.29) is 0 Å². The fourth-order valence-corrected chi connectivity index (χ4v) is 1.93. The van der Waals surface area contributed by atoms with Gasteiger partial charge in [-0.1, -0.05) is 34.1 Å². The average Bonchev–Trinajstić information content (AvgIpc) is 2.37. The van der Waals surface area contributed by atoms with E-state index in [1.165, 1.54) is 0 Å². The Morgan fingerprint density at radius 3 is 2.88 bits per heavy atom. The van der Waals surface area contributed by atoms with E-state index in [1.54, 1.807) is 6.20 Å². The third-order valence-corrected chi connectivity index (χ3v) is 2.83. The smallest absolute Gasteiger partial charge is 0.218 e. The topological polar surface area (TPSA) is 48.1 Å². The second-order valence-electron chi connectivity index (χ2n) is 3.59. The van der Waals surface area contributed by atoms with E-state index in [9.17, 15) is 0 Å². The van der Waals surface area contributed by atoms with Gasteiger partial charge in [0.2, 0.25) is 5.88 Å². The normalized spacial score (nSPS) is 10.2. The van der Waals surface area contributed by atoms with Gasteiger partial charge in [0.25, 0.3) is 0 Å². The minimum atomic E-state index is 0.432. The molecule has 2 rings (SSSR count). The third-order valence-electron chi connectivity index (χ3n) is 2.33. The summed E-state index contributed by atoms with van der Waals surface area (Å²) in [6, 6.07) is 11.8. The molecule has 2 N–H and O–H groups in total. The number of pyridine rings is 1. The number of benzene rings is 1. The first kappa shape index (κ1) is 12.1. The van der Waals surface area contributed by atoms with Crippen LogP contribution in [0.4, 0.5) is 0 Å². The Bertz CT molecular complexity index is 502. The lowest BCUT2D eigenvalue weighted by Crippen LogP contribution is -2.04. The van der Waals surface area contributed by atoms with Crippen molar-refractivity contribution in [3.05, 3.63) is 58.2 Å². The molecule has 4 heteroatoms. The molecule has 0 unspecified atom stereocenters. The summed E-state index contributed by atoms with van der Waals surface area (Å²) >= 11 is 3.43. The first-order chi connectivity index (χ1) is 8.29. The van der Waals surface area contributed by atoms with Gasteiger partial charge in [-0.2, -0.15) is 0 Å². The van der Waals surface area contributed by atoms with Crippen LogP contribution in [-0.2, 0) is 13.2 Å². The molecule has 1 aromatic heterocycles.